The smallest absolute Gasteiger partial charge is 0.315 e. The summed E-state index contributed by atoms with van der Waals surface area (Å²) in [5.41, 5.74) is 11.8. The van der Waals surface area contributed by atoms with Gasteiger partial charge in [0.05, 0.1) is 90.0 Å². The molecule has 0 aromatic rings. The zero-order valence-electron chi connectivity index (χ0n) is 66.3. The van der Waals surface area contributed by atoms with E-state index >= 15 is 0 Å². The van der Waals surface area contributed by atoms with Crippen molar-refractivity contribution in [3.05, 3.63) is 24.3 Å². The lowest BCUT2D eigenvalue weighted by Crippen LogP contribution is -2.51. The fraction of sp³-hybridized carbons (Fsp3) is 0.872. The van der Waals surface area contributed by atoms with Gasteiger partial charge in [0.2, 0.25) is 23.6 Å². The van der Waals surface area contributed by atoms with Crippen molar-refractivity contribution >= 4 is 55.0 Å². The summed E-state index contributed by atoms with van der Waals surface area (Å²) in [5.74, 6) is 1.04. The number of carbonyl (C=O) groups is 6. The predicted molar refractivity (Wildman–Crippen MR) is 418 cm³/mol. The van der Waals surface area contributed by atoms with E-state index in [4.69, 9.17) is 30.0 Å². The molecule has 12 N–H and O–H groups in total. The van der Waals surface area contributed by atoms with Crippen molar-refractivity contribution in [2.24, 2.45) is 11.5 Å². The number of hydrogen-bond donors (Lipinski definition) is 10. The fourth-order valence-corrected chi connectivity index (χ4v) is 14.6. The molecular formula is C78H149N8O17PS. The van der Waals surface area contributed by atoms with E-state index in [9.17, 15) is 63.8 Å². The number of aliphatic hydroxyl groups excluding tert-OH is 5. The van der Waals surface area contributed by atoms with E-state index in [-0.39, 0.29) is 74.5 Å². The number of amides is 6. The van der Waals surface area contributed by atoms with E-state index in [2.05, 4.69) is 29.8 Å². The van der Waals surface area contributed by atoms with E-state index in [0.717, 1.165) is 82.8 Å². The van der Waals surface area contributed by atoms with Crippen LogP contribution < -0.4 is 32.3 Å². The van der Waals surface area contributed by atoms with Crippen LogP contribution in [0.2, 0.25) is 0 Å². The van der Waals surface area contributed by atoms with E-state index in [0.29, 0.717) is 47.9 Å². The Balaban J connectivity index is 0.000000746. The summed E-state index contributed by atoms with van der Waals surface area (Å²) in [5, 5.41) is 58.2. The summed E-state index contributed by atoms with van der Waals surface area (Å²) in [7, 11) is 4.62. The number of ketones is 1. The van der Waals surface area contributed by atoms with Crippen LogP contribution >= 0.6 is 19.6 Å². The van der Waals surface area contributed by atoms with Crippen molar-refractivity contribution in [2.45, 2.75) is 350 Å². The number of rotatable bonds is 58. The Kier molecular flexibility index (Phi) is 59.0. The molecule has 105 heavy (non-hydrogen) atoms. The lowest BCUT2D eigenvalue weighted by atomic mass is 10.0. The van der Waals surface area contributed by atoms with E-state index in [1.165, 1.54) is 177 Å². The average Bonchev–Trinajstić information content (AvgIpc) is 1.70. The summed E-state index contributed by atoms with van der Waals surface area (Å²) < 4.78 is 32.9. The topological polar surface area (TPSA) is 375 Å². The maximum Gasteiger partial charge on any atom is 0.315 e. The van der Waals surface area contributed by atoms with Crippen molar-refractivity contribution in [2.75, 3.05) is 87.1 Å². The summed E-state index contributed by atoms with van der Waals surface area (Å²) in [6.45, 7) is 6.84. The number of unbranched alkanes of at least 4 members (excludes halogenated alkanes) is 31. The highest BCUT2D eigenvalue weighted by molar-refractivity contribution is 8.00. The molecule has 5 unspecified atom stereocenters. The molecule has 0 saturated carbocycles. The summed E-state index contributed by atoms with van der Waals surface area (Å²) in [4.78, 5) is 82.2. The van der Waals surface area contributed by atoms with Gasteiger partial charge < -0.3 is 90.5 Å². The third-order valence-corrected chi connectivity index (χ3v) is 21.8. The van der Waals surface area contributed by atoms with Gasteiger partial charge in [-0.3, -0.25) is 28.6 Å². The molecule has 0 aromatic carbocycles. The van der Waals surface area contributed by atoms with Crippen LogP contribution in [0.1, 0.15) is 284 Å². The minimum Gasteiger partial charge on any atom is -0.756 e. The number of ether oxygens (including phenoxy) is 2. The minimum absolute atomic E-state index is 0.00855. The van der Waals surface area contributed by atoms with Gasteiger partial charge in [-0.1, -0.05) is 218 Å². The first-order valence-electron chi connectivity index (χ1n) is 40.5. The van der Waals surface area contributed by atoms with Gasteiger partial charge >= 0.3 is 6.03 Å². The predicted octanol–water partition coefficient (Wildman–Crippen LogP) is 10.5. The third kappa shape index (κ3) is 53.2. The first kappa shape index (κ1) is 99.6. The number of nitrogens with zero attached hydrogens (tertiary/aromatic N) is 3. The average molecular weight is 1530 g/mol. The molecular weight excluding hydrogens is 1380 g/mol. The van der Waals surface area contributed by atoms with Crippen LogP contribution in [0.25, 0.3) is 0 Å². The molecule has 4 aliphatic heterocycles. The Morgan fingerprint density at radius 3 is 1.64 bits per heavy atom. The van der Waals surface area contributed by atoms with Gasteiger partial charge in [-0.25, -0.2) is 4.79 Å². The van der Waals surface area contributed by atoms with Gasteiger partial charge in [-0.15, -0.1) is 0 Å². The number of nitrogens with one attached hydrogen (secondary N) is 3. The van der Waals surface area contributed by atoms with Gasteiger partial charge in [0, 0.05) is 63.7 Å². The van der Waals surface area contributed by atoms with Crippen molar-refractivity contribution in [1.29, 1.82) is 0 Å². The zero-order chi connectivity index (χ0) is 78.1. The molecule has 4 rings (SSSR count). The molecule has 25 nitrogen and oxygen atoms in total. The van der Waals surface area contributed by atoms with Gasteiger partial charge in [0.1, 0.15) is 31.1 Å². The minimum atomic E-state index is -4.41. The number of likely N-dealkylation sites (tertiary alicyclic amines) is 1. The highest BCUT2D eigenvalue weighted by Gasteiger charge is 2.43. The number of carbonyl (C=O) groups excluding carboxylic acids is 6. The maximum atomic E-state index is 12.3. The molecule has 12 atom stereocenters. The standard InChI is InChI=1S/C26H46N4O4S.C24H47NO6.C23H49N2O5P.C5H7NO2/c1-20(31)14-10-8-6-4-3-5-7-9-13-17-27-23(32)18-30(2)24(33)16-12-11-15-22-25-21(19-35-22)28-26(34)29-25;1-2-3-4-5-6-7-8-9-10-11-12-13-14-15-20(27)19(25)18-30-23-16-21(28)24(29)22(17-26)31-23;1-5-6-7-8-9-10-11-12-13-14-15-16-17-18-23(26)22(24)21-30-31(27,28)29-20-19-25(2,3)4;1-6-4(7)2-3-5(6)8/h21-22,25H,3-19H2,1-2H3,(H,27,32)(H2,28,29,34);14-15,19-24,26-29H,2-13,16-18,25H2,1H3;17-18,22-23,26H,5-16,19-21,24H2,1-4H3;2-3H2,1H3/b;15-14+;18-17+;/t21-,22-,25-;19-,20+,21?,22?,23?,24?;22-,23+;/m000./s1. The Morgan fingerprint density at radius 2 is 1.17 bits per heavy atom. The molecule has 4 heterocycles. The number of allylic oxidation sites excluding steroid dienone is 2. The molecule has 0 spiro atoms. The van der Waals surface area contributed by atoms with Crippen molar-refractivity contribution in [3.63, 3.8) is 0 Å². The number of imide groups is 1. The number of urea groups is 1. The Hall–Kier alpha value is -3.44. The van der Waals surface area contributed by atoms with Crippen LogP contribution in [-0.4, -0.2) is 229 Å². The Bertz CT molecular complexity index is 2370. The van der Waals surface area contributed by atoms with Gasteiger partial charge in [-0.05, 0) is 58.3 Å². The molecule has 6 amide bonds. The lowest BCUT2D eigenvalue weighted by molar-refractivity contribution is -0.870. The van der Waals surface area contributed by atoms with Crippen LogP contribution in [0.5, 0.6) is 0 Å². The number of fused-ring (bicyclic) bond motifs is 1. The molecule has 4 saturated heterocycles. The monoisotopic (exact) mass is 1530 g/mol. The highest BCUT2D eigenvalue weighted by atomic mass is 32.2. The van der Waals surface area contributed by atoms with Crippen molar-refractivity contribution in [1.82, 2.24) is 25.8 Å². The first-order chi connectivity index (χ1) is 50.1. The second kappa shape index (κ2) is 62.2. The van der Waals surface area contributed by atoms with Crippen LogP contribution in [0.3, 0.4) is 0 Å². The highest BCUT2D eigenvalue weighted by Crippen LogP contribution is 2.38. The molecule has 4 fully saturated rings. The van der Waals surface area contributed by atoms with Gasteiger partial charge in [0.15, 0.2) is 6.29 Å². The first-order valence-corrected chi connectivity index (χ1v) is 43.0. The number of phosphoric acid groups is 1. The molecule has 4 aliphatic rings. The number of quaternary nitrogens is 1. The quantitative estimate of drug-likeness (QED) is 0.00675. The summed E-state index contributed by atoms with van der Waals surface area (Å²) in [6, 6.07) is -1.05. The molecule has 0 bridgehead atoms. The maximum absolute atomic E-state index is 12.3. The zero-order valence-corrected chi connectivity index (χ0v) is 68.0. The molecule has 614 valence electrons. The Labute approximate surface area is 637 Å². The fourth-order valence-electron chi connectivity index (χ4n) is 12.3. The SMILES string of the molecule is CC(=O)CCCCCCCCCCCNC(=O)CN(C)C(=O)CCCC[C@@H]1SC[C@@H]2NC(=O)N[C@@H]21.CCCCCCCCCCCCC/C=C/[C@@H](O)[C@@H](N)COC1CC(O)C(O)C(CO)O1.CCCCCCCCCCCCC/C=C/[C@@H](O)[C@@H](N)COP(=O)([O-])OCC[N+](C)(C)C.CN1C(=O)CCC1=O. The number of likely N-dealkylation sites (N-methyl/N-ethyl adjacent to an activating group) is 2. The molecule has 0 aromatic heterocycles. The van der Waals surface area contributed by atoms with Crippen molar-refractivity contribution in [3.8, 4) is 0 Å². The third-order valence-electron chi connectivity index (χ3n) is 19.3. The van der Waals surface area contributed by atoms with Crippen LogP contribution in [0.15, 0.2) is 24.3 Å². The summed E-state index contributed by atoms with van der Waals surface area (Å²) in [6.07, 6.45) is 47.4. The molecule has 0 aliphatic carbocycles. The van der Waals surface area contributed by atoms with Crippen molar-refractivity contribution < 1.29 is 86.8 Å². The number of nitrogens with two attached hydrogens (primary N) is 2. The lowest BCUT2D eigenvalue weighted by Gasteiger charge is -2.36. The van der Waals surface area contributed by atoms with E-state index < -0.39 is 63.3 Å². The van der Waals surface area contributed by atoms with E-state index in [1.54, 1.807) is 26.1 Å². The second-order valence-electron chi connectivity index (χ2n) is 30.3. The largest absolute Gasteiger partial charge is 0.756 e. The van der Waals surface area contributed by atoms with Crippen LogP contribution in [-0.2, 0) is 47.1 Å². The number of thioether (sulfide) groups is 1. The second-order valence-corrected chi connectivity index (χ2v) is 32.9. The van der Waals surface area contributed by atoms with Gasteiger partial charge in [0.25, 0.3) is 7.82 Å². The molecule has 27 heteroatoms. The Morgan fingerprint density at radius 1 is 0.705 bits per heavy atom. The number of aliphatic hydroxyl groups is 5. The summed E-state index contributed by atoms with van der Waals surface area (Å²) >= 11 is 1.89. The van der Waals surface area contributed by atoms with Crippen LogP contribution in [0.4, 0.5) is 4.79 Å². The van der Waals surface area contributed by atoms with Crippen LogP contribution in [0, 0.1) is 0 Å². The molecule has 0 radical (unpaired) electrons. The normalized spacial score (nSPS) is 21.1. The number of Topliss-reactive ketones (excluding diaryl/α,β-unsaturated/α-hetero) is 1. The number of hydrogen-bond acceptors (Lipinski definition) is 20. The van der Waals surface area contributed by atoms with Gasteiger partial charge in [-0.2, -0.15) is 11.8 Å². The number of phosphoric ester groups is 1. The van der Waals surface area contributed by atoms with E-state index in [1.807, 2.05) is 45.1 Å².